The number of para-hydroxylation sites is 1. The molecular formula is C14H18N4O. The van der Waals surface area contributed by atoms with E-state index in [0.29, 0.717) is 19.4 Å². The van der Waals surface area contributed by atoms with Crippen molar-refractivity contribution in [1.82, 2.24) is 15.1 Å². The van der Waals surface area contributed by atoms with E-state index in [9.17, 15) is 4.79 Å². The summed E-state index contributed by atoms with van der Waals surface area (Å²) in [5.41, 5.74) is 8.61. The smallest absolute Gasteiger partial charge is 0.222 e. The first kappa shape index (κ1) is 13.1. The van der Waals surface area contributed by atoms with Gasteiger partial charge in [-0.25, -0.2) is 0 Å². The highest BCUT2D eigenvalue weighted by Crippen LogP contribution is 2.13. The molecule has 0 saturated carbocycles. The van der Waals surface area contributed by atoms with Crippen molar-refractivity contribution in [1.29, 1.82) is 0 Å². The number of hydrogen-bond acceptors (Lipinski definition) is 3. The first-order valence-electron chi connectivity index (χ1n) is 6.22. The Morgan fingerprint density at radius 2 is 2.21 bits per heavy atom. The van der Waals surface area contributed by atoms with Gasteiger partial charge in [0.15, 0.2) is 0 Å². The number of aryl methyl sites for hydroxylation is 1. The van der Waals surface area contributed by atoms with Crippen LogP contribution in [0.5, 0.6) is 0 Å². The molecule has 1 aromatic heterocycles. The molecule has 1 heterocycles. The van der Waals surface area contributed by atoms with Crippen molar-refractivity contribution < 1.29 is 4.79 Å². The van der Waals surface area contributed by atoms with E-state index < -0.39 is 0 Å². The molecule has 2 rings (SSSR count). The second-order valence-corrected chi connectivity index (χ2v) is 4.56. The lowest BCUT2D eigenvalue weighted by molar-refractivity contribution is -0.130. The van der Waals surface area contributed by atoms with Crippen LogP contribution in [0.2, 0.25) is 0 Å². The lowest BCUT2D eigenvalue weighted by Gasteiger charge is -2.16. The highest BCUT2D eigenvalue weighted by atomic mass is 16.2. The van der Waals surface area contributed by atoms with Crippen molar-refractivity contribution in [3.8, 4) is 0 Å². The summed E-state index contributed by atoms with van der Waals surface area (Å²) < 4.78 is 0. The van der Waals surface area contributed by atoms with Gasteiger partial charge in [-0.1, -0.05) is 18.2 Å². The molecule has 0 aliphatic heterocycles. The normalized spacial score (nSPS) is 10.4. The van der Waals surface area contributed by atoms with Crippen LogP contribution in [0.25, 0.3) is 0 Å². The molecule has 0 bridgehead atoms. The van der Waals surface area contributed by atoms with Gasteiger partial charge in [-0.2, -0.15) is 5.10 Å². The lowest BCUT2D eigenvalue weighted by Crippen LogP contribution is -2.26. The highest BCUT2D eigenvalue weighted by Gasteiger charge is 2.10. The van der Waals surface area contributed by atoms with Crippen molar-refractivity contribution >= 4 is 11.6 Å². The fourth-order valence-electron chi connectivity index (χ4n) is 1.92. The third-order valence-corrected chi connectivity index (χ3v) is 3.06. The van der Waals surface area contributed by atoms with E-state index in [-0.39, 0.29) is 5.91 Å². The second-order valence-electron chi connectivity index (χ2n) is 4.56. The Hall–Kier alpha value is -2.30. The summed E-state index contributed by atoms with van der Waals surface area (Å²) in [4.78, 5) is 13.7. The van der Waals surface area contributed by atoms with Gasteiger partial charge in [0.1, 0.15) is 0 Å². The molecule has 0 fully saturated rings. The van der Waals surface area contributed by atoms with Crippen LogP contribution in [0.15, 0.2) is 36.7 Å². The fourth-order valence-corrected chi connectivity index (χ4v) is 1.92. The maximum atomic E-state index is 12.0. The van der Waals surface area contributed by atoms with E-state index in [2.05, 4.69) is 10.2 Å². The first-order chi connectivity index (χ1) is 9.16. The molecule has 0 aliphatic carbocycles. The molecule has 1 amide bonds. The van der Waals surface area contributed by atoms with E-state index in [4.69, 9.17) is 5.73 Å². The summed E-state index contributed by atoms with van der Waals surface area (Å²) >= 11 is 0. The number of nitrogen functional groups attached to an aromatic ring is 1. The molecule has 0 atom stereocenters. The maximum absolute atomic E-state index is 12.0. The number of benzene rings is 1. The van der Waals surface area contributed by atoms with E-state index in [1.54, 1.807) is 24.3 Å². The summed E-state index contributed by atoms with van der Waals surface area (Å²) in [6.07, 6.45) is 4.64. The molecule has 0 radical (unpaired) electrons. The molecule has 1 aromatic carbocycles. The zero-order valence-electron chi connectivity index (χ0n) is 11.0. The third-order valence-electron chi connectivity index (χ3n) is 3.06. The molecular weight excluding hydrogens is 240 g/mol. The molecule has 3 N–H and O–H groups in total. The average molecular weight is 258 g/mol. The molecule has 5 heteroatoms. The third kappa shape index (κ3) is 3.58. The van der Waals surface area contributed by atoms with Gasteiger partial charge in [-0.05, 0) is 18.1 Å². The Morgan fingerprint density at radius 3 is 2.89 bits per heavy atom. The fraction of sp³-hybridized carbons (Fsp3) is 0.286. The zero-order chi connectivity index (χ0) is 13.7. The minimum atomic E-state index is 0.101. The number of carbonyl (C=O) groups excluding carboxylic acids is 1. The number of aromatic nitrogens is 2. The van der Waals surface area contributed by atoms with Gasteiger partial charge in [0.05, 0.1) is 6.20 Å². The quantitative estimate of drug-likeness (QED) is 0.800. The number of aromatic amines is 1. The summed E-state index contributed by atoms with van der Waals surface area (Å²) in [6.45, 7) is 0.569. The van der Waals surface area contributed by atoms with Crippen LogP contribution in [0, 0.1) is 0 Å². The molecule has 5 nitrogen and oxygen atoms in total. The molecule has 100 valence electrons. The predicted octanol–water partition coefficient (Wildman–Crippen LogP) is 1.58. The van der Waals surface area contributed by atoms with Gasteiger partial charge < -0.3 is 10.6 Å². The lowest BCUT2D eigenvalue weighted by atomic mass is 10.1. The number of amides is 1. The van der Waals surface area contributed by atoms with Crippen molar-refractivity contribution in [2.75, 3.05) is 12.8 Å². The highest BCUT2D eigenvalue weighted by molar-refractivity contribution is 5.76. The van der Waals surface area contributed by atoms with Gasteiger partial charge in [0.25, 0.3) is 0 Å². The van der Waals surface area contributed by atoms with Gasteiger partial charge in [0, 0.05) is 37.5 Å². The van der Waals surface area contributed by atoms with Crippen LogP contribution in [-0.4, -0.2) is 28.1 Å². The number of hydrogen-bond donors (Lipinski definition) is 2. The van der Waals surface area contributed by atoms with Crippen molar-refractivity contribution in [3.05, 3.63) is 47.8 Å². The minimum Gasteiger partial charge on any atom is -0.399 e. The second kappa shape index (κ2) is 6.04. The Bertz CT molecular complexity index is 536. The van der Waals surface area contributed by atoms with E-state index >= 15 is 0 Å². The first-order valence-corrected chi connectivity index (χ1v) is 6.22. The Morgan fingerprint density at radius 1 is 1.42 bits per heavy atom. The van der Waals surface area contributed by atoms with Crippen LogP contribution in [-0.2, 0) is 17.8 Å². The Balaban J connectivity index is 1.86. The Kier molecular flexibility index (Phi) is 4.18. The van der Waals surface area contributed by atoms with Crippen LogP contribution < -0.4 is 5.73 Å². The van der Waals surface area contributed by atoms with E-state index in [0.717, 1.165) is 16.8 Å². The average Bonchev–Trinajstić information content (AvgIpc) is 2.90. The monoisotopic (exact) mass is 258 g/mol. The number of nitrogens with two attached hydrogens (primary N) is 1. The molecule has 0 saturated heterocycles. The number of carbonyl (C=O) groups is 1. The predicted molar refractivity (Wildman–Crippen MR) is 74.2 cm³/mol. The van der Waals surface area contributed by atoms with Gasteiger partial charge in [-0.3, -0.25) is 9.89 Å². The number of nitrogens with zero attached hydrogens (tertiary/aromatic N) is 2. The van der Waals surface area contributed by atoms with Crippen molar-refractivity contribution in [3.63, 3.8) is 0 Å². The van der Waals surface area contributed by atoms with E-state index in [1.807, 2.05) is 24.3 Å². The van der Waals surface area contributed by atoms with Crippen molar-refractivity contribution in [2.24, 2.45) is 0 Å². The van der Waals surface area contributed by atoms with Crippen molar-refractivity contribution in [2.45, 2.75) is 19.4 Å². The van der Waals surface area contributed by atoms with Gasteiger partial charge in [-0.15, -0.1) is 0 Å². The summed E-state index contributed by atoms with van der Waals surface area (Å²) in [5.74, 6) is 0.101. The van der Waals surface area contributed by atoms with Gasteiger partial charge >= 0.3 is 0 Å². The summed E-state index contributed by atoms with van der Waals surface area (Å²) in [5, 5.41) is 6.60. The SMILES string of the molecule is CN(Cc1cn[nH]c1)C(=O)CCc1ccccc1N. The maximum Gasteiger partial charge on any atom is 0.222 e. The zero-order valence-corrected chi connectivity index (χ0v) is 11.0. The van der Waals surface area contributed by atoms with Crippen LogP contribution >= 0.6 is 0 Å². The number of rotatable bonds is 5. The van der Waals surface area contributed by atoms with Crippen LogP contribution in [0.4, 0.5) is 5.69 Å². The molecule has 19 heavy (non-hydrogen) atoms. The van der Waals surface area contributed by atoms with Crippen LogP contribution in [0.1, 0.15) is 17.5 Å². The summed E-state index contributed by atoms with van der Waals surface area (Å²) in [7, 11) is 1.80. The number of nitrogens with one attached hydrogen (secondary N) is 1. The largest absolute Gasteiger partial charge is 0.399 e. The molecule has 0 spiro atoms. The molecule has 0 aliphatic rings. The van der Waals surface area contributed by atoms with Crippen LogP contribution in [0.3, 0.4) is 0 Å². The number of anilines is 1. The van der Waals surface area contributed by atoms with Gasteiger partial charge in [0.2, 0.25) is 5.91 Å². The molecule has 2 aromatic rings. The van der Waals surface area contributed by atoms with E-state index in [1.165, 1.54) is 0 Å². The Labute approximate surface area is 112 Å². The standard InChI is InChI=1S/C14H18N4O/c1-18(10-11-8-16-17-9-11)14(19)7-6-12-4-2-3-5-13(12)15/h2-5,8-9H,6-7,10,15H2,1H3,(H,16,17). The minimum absolute atomic E-state index is 0.101. The summed E-state index contributed by atoms with van der Waals surface area (Å²) in [6, 6.07) is 7.64. The topological polar surface area (TPSA) is 75.0 Å². The molecule has 0 unspecified atom stereocenters. The number of H-pyrrole nitrogens is 1.